The normalized spacial score (nSPS) is 11.8. The van der Waals surface area contributed by atoms with Crippen LogP contribution < -0.4 is 5.32 Å². The van der Waals surface area contributed by atoms with Crippen LogP contribution in [0, 0.1) is 5.92 Å². The molecule has 0 aromatic heterocycles. The van der Waals surface area contributed by atoms with Gasteiger partial charge in [0.1, 0.15) is 6.04 Å². The van der Waals surface area contributed by atoms with Gasteiger partial charge in [0, 0.05) is 19.5 Å². The molecule has 0 saturated carbocycles. The molecule has 0 fully saturated rings. The Morgan fingerprint density at radius 1 is 1.30 bits per heavy atom. The van der Waals surface area contributed by atoms with E-state index in [0.29, 0.717) is 19.0 Å². The zero-order chi connectivity index (χ0) is 15.7. The zero-order valence-corrected chi connectivity index (χ0v) is 12.5. The molecule has 7 heteroatoms. The Morgan fingerprint density at radius 3 is 2.30 bits per heavy atom. The summed E-state index contributed by atoms with van der Waals surface area (Å²) in [6, 6.07) is -1.53. The lowest BCUT2D eigenvalue weighted by Crippen LogP contribution is -2.49. The van der Waals surface area contributed by atoms with E-state index in [2.05, 4.69) is 10.1 Å². The fourth-order valence-electron chi connectivity index (χ4n) is 1.66. The van der Waals surface area contributed by atoms with Crippen LogP contribution in [0.25, 0.3) is 0 Å². The van der Waals surface area contributed by atoms with Gasteiger partial charge in [-0.1, -0.05) is 13.8 Å². The van der Waals surface area contributed by atoms with E-state index >= 15 is 0 Å². The highest BCUT2D eigenvalue weighted by atomic mass is 16.5. The minimum Gasteiger partial charge on any atom is -0.480 e. The topological polar surface area (TPSA) is 95.9 Å². The van der Waals surface area contributed by atoms with Gasteiger partial charge in [-0.15, -0.1) is 0 Å². The summed E-state index contributed by atoms with van der Waals surface area (Å²) in [4.78, 5) is 35.6. The fourth-order valence-corrected chi connectivity index (χ4v) is 1.66. The third-order valence-electron chi connectivity index (χ3n) is 2.72. The number of hydrogen-bond acceptors (Lipinski definition) is 4. The van der Waals surface area contributed by atoms with E-state index in [1.807, 2.05) is 20.8 Å². The van der Waals surface area contributed by atoms with Crippen LogP contribution in [0.15, 0.2) is 0 Å². The number of hydrogen-bond donors (Lipinski definition) is 2. The Morgan fingerprint density at radius 2 is 1.90 bits per heavy atom. The van der Waals surface area contributed by atoms with E-state index in [0.717, 1.165) is 0 Å². The second-order valence-electron chi connectivity index (χ2n) is 4.89. The van der Waals surface area contributed by atoms with Crippen LogP contribution in [0.4, 0.5) is 4.79 Å². The summed E-state index contributed by atoms with van der Waals surface area (Å²) in [5, 5.41) is 11.5. The monoisotopic (exact) mass is 288 g/mol. The van der Waals surface area contributed by atoms with Gasteiger partial charge in [-0.05, 0) is 19.3 Å². The Bertz CT molecular complexity index is 344. The van der Waals surface area contributed by atoms with Gasteiger partial charge in [0.05, 0.1) is 7.11 Å². The molecule has 0 aliphatic carbocycles. The summed E-state index contributed by atoms with van der Waals surface area (Å²) in [5.41, 5.74) is 0. The van der Waals surface area contributed by atoms with E-state index in [1.54, 1.807) is 4.90 Å². The maximum absolute atomic E-state index is 12.0. The smallest absolute Gasteiger partial charge is 0.326 e. The molecular weight excluding hydrogens is 264 g/mol. The molecule has 0 rings (SSSR count). The summed E-state index contributed by atoms with van der Waals surface area (Å²) >= 11 is 0. The van der Waals surface area contributed by atoms with Crippen LogP contribution in [-0.2, 0) is 14.3 Å². The average molecular weight is 288 g/mol. The van der Waals surface area contributed by atoms with Gasteiger partial charge < -0.3 is 20.1 Å². The van der Waals surface area contributed by atoms with E-state index in [9.17, 15) is 14.4 Å². The number of nitrogens with zero attached hydrogens (tertiary/aromatic N) is 1. The number of rotatable bonds is 8. The molecule has 0 aliphatic heterocycles. The number of nitrogens with one attached hydrogen (secondary N) is 1. The van der Waals surface area contributed by atoms with Crippen molar-refractivity contribution in [2.75, 3.05) is 20.2 Å². The number of aliphatic carboxylic acids is 1. The van der Waals surface area contributed by atoms with Gasteiger partial charge in [0.2, 0.25) is 0 Å². The lowest BCUT2D eigenvalue weighted by Gasteiger charge is -2.25. The van der Waals surface area contributed by atoms with Crippen LogP contribution in [-0.4, -0.2) is 54.2 Å². The van der Waals surface area contributed by atoms with Crippen molar-refractivity contribution in [1.29, 1.82) is 0 Å². The average Bonchev–Trinajstić information content (AvgIpc) is 2.39. The van der Waals surface area contributed by atoms with Gasteiger partial charge in [0.25, 0.3) is 0 Å². The number of amides is 2. The molecule has 2 N–H and O–H groups in total. The van der Waals surface area contributed by atoms with E-state index in [4.69, 9.17) is 5.11 Å². The van der Waals surface area contributed by atoms with Gasteiger partial charge in [-0.25, -0.2) is 9.59 Å². The standard InChI is InChI=1S/C13H24N2O5/c1-5-15(8-9(2)3)13(19)14-10(12(17)18)6-7-11(16)20-4/h9-10H,5-8H2,1-4H3,(H,14,19)(H,17,18)/t10-/m1/s1. The Labute approximate surface area is 119 Å². The molecule has 116 valence electrons. The van der Waals surface area contributed by atoms with E-state index in [-0.39, 0.29) is 12.8 Å². The molecule has 1 atom stereocenters. The van der Waals surface area contributed by atoms with Crippen molar-refractivity contribution in [3.8, 4) is 0 Å². The predicted octanol–water partition coefficient (Wildman–Crippen LogP) is 1.08. The van der Waals surface area contributed by atoms with Crippen molar-refractivity contribution in [2.45, 2.75) is 39.7 Å². The van der Waals surface area contributed by atoms with Crippen LogP contribution in [0.2, 0.25) is 0 Å². The third-order valence-corrected chi connectivity index (χ3v) is 2.72. The minimum atomic E-state index is -1.16. The molecule has 0 radical (unpaired) electrons. The van der Waals surface area contributed by atoms with Gasteiger partial charge in [0.15, 0.2) is 0 Å². The number of ether oxygens (including phenoxy) is 1. The molecule has 20 heavy (non-hydrogen) atoms. The fraction of sp³-hybridized carbons (Fsp3) is 0.769. The first kappa shape index (κ1) is 18.2. The Balaban J connectivity index is 4.53. The lowest BCUT2D eigenvalue weighted by molar-refractivity contribution is -0.142. The van der Waals surface area contributed by atoms with Crippen LogP contribution in [0.1, 0.15) is 33.6 Å². The SMILES string of the molecule is CCN(CC(C)C)C(=O)N[C@H](CCC(=O)OC)C(=O)O. The zero-order valence-electron chi connectivity index (χ0n) is 12.5. The molecule has 0 heterocycles. The first-order chi connectivity index (χ1) is 9.31. The number of urea groups is 1. The van der Waals surface area contributed by atoms with Crippen molar-refractivity contribution in [3.05, 3.63) is 0 Å². The summed E-state index contributed by atoms with van der Waals surface area (Å²) in [5.74, 6) is -1.37. The molecule has 0 aromatic carbocycles. The number of methoxy groups -OCH3 is 1. The molecule has 7 nitrogen and oxygen atoms in total. The van der Waals surface area contributed by atoms with Crippen LogP contribution in [0.3, 0.4) is 0 Å². The number of carboxylic acid groups (broad SMARTS) is 1. The summed E-state index contributed by atoms with van der Waals surface area (Å²) < 4.78 is 4.45. The van der Waals surface area contributed by atoms with Crippen molar-refractivity contribution in [2.24, 2.45) is 5.92 Å². The van der Waals surface area contributed by atoms with Crippen LogP contribution >= 0.6 is 0 Å². The van der Waals surface area contributed by atoms with Gasteiger partial charge >= 0.3 is 18.0 Å². The summed E-state index contributed by atoms with van der Waals surface area (Å²) in [7, 11) is 1.23. The highest BCUT2D eigenvalue weighted by Crippen LogP contribution is 2.03. The highest BCUT2D eigenvalue weighted by molar-refractivity contribution is 5.83. The van der Waals surface area contributed by atoms with Crippen molar-refractivity contribution in [1.82, 2.24) is 10.2 Å². The number of carbonyl (C=O) groups excluding carboxylic acids is 2. The maximum Gasteiger partial charge on any atom is 0.326 e. The van der Waals surface area contributed by atoms with Crippen LogP contribution in [0.5, 0.6) is 0 Å². The molecular formula is C13H24N2O5. The minimum absolute atomic E-state index is 0.00692. The highest BCUT2D eigenvalue weighted by Gasteiger charge is 2.23. The quantitative estimate of drug-likeness (QED) is 0.652. The maximum atomic E-state index is 12.0. The summed E-state index contributed by atoms with van der Waals surface area (Å²) in [6.07, 6.45) is -0.0446. The van der Waals surface area contributed by atoms with E-state index in [1.165, 1.54) is 7.11 Å². The predicted molar refractivity (Wildman–Crippen MR) is 73.3 cm³/mol. The van der Waals surface area contributed by atoms with Crippen molar-refractivity contribution in [3.63, 3.8) is 0 Å². The Hall–Kier alpha value is -1.79. The largest absolute Gasteiger partial charge is 0.480 e. The molecule has 0 bridgehead atoms. The first-order valence-electron chi connectivity index (χ1n) is 6.66. The molecule has 0 saturated heterocycles. The Kier molecular flexibility index (Phi) is 8.35. The molecule has 0 spiro atoms. The van der Waals surface area contributed by atoms with E-state index < -0.39 is 24.0 Å². The number of carbonyl (C=O) groups is 3. The third kappa shape index (κ3) is 6.96. The molecule has 0 unspecified atom stereocenters. The number of carboxylic acids is 1. The second kappa shape index (κ2) is 9.17. The molecule has 0 aliphatic rings. The van der Waals surface area contributed by atoms with Gasteiger partial charge in [-0.3, -0.25) is 4.79 Å². The summed E-state index contributed by atoms with van der Waals surface area (Å²) in [6.45, 7) is 6.81. The lowest BCUT2D eigenvalue weighted by atomic mass is 10.1. The second-order valence-corrected chi connectivity index (χ2v) is 4.89. The van der Waals surface area contributed by atoms with Gasteiger partial charge in [-0.2, -0.15) is 0 Å². The van der Waals surface area contributed by atoms with Crippen molar-refractivity contribution < 1.29 is 24.2 Å². The first-order valence-corrected chi connectivity index (χ1v) is 6.66. The molecule has 0 aromatic rings. The number of esters is 1. The van der Waals surface area contributed by atoms with Crippen molar-refractivity contribution >= 4 is 18.0 Å². The molecule has 2 amide bonds.